The van der Waals surface area contributed by atoms with E-state index in [1.165, 1.54) is 37.6 Å². The summed E-state index contributed by atoms with van der Waals surface area (Å²) in [6.07, 6.45) is -2.68. The van der Waals surface area contributed by atoms with Crippen molar-refractivity contribution in [2.24, 2.45) is 0 Å². The molecule has 2 heterocycles. The molecule has 10 heteroatoms. The molecular weight excluding hydrogens is 439 g/mol. The van der Waals surface area contributed by atoms with Crippen molar-refractivity contribution in [1.82, 2.24) is 14.9 Å². The molecule has 174 valence electrons. The van der Waals surface area contributed by atoms with Crippen molar-refractivity contribution in [2.75, 3.05) is 27.3 Å². The summed E-state index contributed by atoms with van der Waals surface area (Å²) in [5.74, 6) is 0.586. The van der Waals surface area contributed by atoms with Crippen LogP contribution >= 0.6 is 0 Å². The second-order valence-corrected chi connectivity index (χ2v) is 7.85. The van der Waals surface area contributed by atoms with Gasteiger partial charge in [-0.15, -0.1) is 0 Å². The van der Waals surface area contributed by atoms with Crippen LogP contribution in [0.5, 0.6) is 11.5 Å². The Balaban J connectivity index is 1.55. The summed E-state index contributed by atoms with van der Waals surface area (Å²) in [5, 5.41) is 12.0. The number of benzene rings is 2. The number of alkyl halides is 3. The van der Waals surface area contributed by atoms with Gasteiger partial charge in [0.15, 0.2) is 11.5 Å². The lowest BCUT2D eigenvalue weighted by atomic mass is 9.85. The van der Waals surface area contributed by atoms with Gasteiger partial charge in [0, 0.05) is 30.1 Å². The third-order valence-corrected chi connectivity index (χ3v) is 5.92. The highest BCUT2D eigenvalue weighted by atomic mass is 19.4. The first-order chi connectivity index (χ1) is 15.7. The molecule has 0 atom stereocenters. The highest BCUT2D eigenvalue weighted by Gasteiger charge is 2.38. The van der Waals surface area contributed by atoms with Gasteiger partial charge in [-0.25, -0.2) is 9.97 Å². The van der Waals surface area contributed by atoms with Crippen LogP contribution in [0.2, 0.25) is 0 Å². The molecule has 1 amide bonds. The maximum Gasteiger partial charge on any atom is 0.416 e. The standard InChI is InChI=1S/C23H22F3N3O4/c1-32-18-11-16-17(12-19(18)33-2)27-13-28-20(16)22(31)7-9-29(10-8-22)21(30)14-3-5-15(6-4-14)23(24,25)26/h3-6,11-13,31H,7-10H2,1-2H3. The molecule has 1 fully saturated rings. The van der Waals surface area contributed by atoms with Crippen molar-refractivity contribution in [2.45, 2.75) is 24.6 Å². The van der Waals surface area contributed by atoms with E-state index in [-0.39, 0.29) is 37.4 Å². The molecule has 33 heavy (non-hydrogen) atoms. The third-order valence-electron chi connectivity index (χ3n) is 5.92. The fourth-order valence-corrected chi connectivity index (χ4v) is 4.05. The number of fused-ring (bicyclic) bond motifs is 1. The topological polar surface area (TPSA) is 84.8 Å². The first-order valence-corrected chi connectivity index (χ1v) is 10.2. The Morgan fingerprint density at radius 3 is 2.21 bits per heavy atom. The molecule has 1 aliphatic heterocycles. The van der Waals surface area contributed by atoms with Crippen LogP contribution in [0.1, 0.15) is 34.5 Å². The molecular formula is C23H22F3N3O4. The Hall–Kier alpha value is -3.40. The van der Waals surface area contributed by atoms with E-state index < -0.39 is 17.3 Å². The summed E-state index contributed by atoms with van der Waals surface area (Å²) in [7, 11) is 3.02. The van der Waals surface area contributed by atoms with E-state index in [1.54, 1.807) is 12.1 Å². The molecule has 0 aliphatic carbocycles. The number of methoxy groups -OCH3 is 2. The Morgan fingerprint density at radius 1 is 1.03 bits per heavy atom. The second kappa shape index (κ2) is 8.51. The lowest BCUT2D eigenvalue weighted by Gasteiger charge is -2.38. The third kappa shape index (κ3) is 4.30. The summed E-state index contributed by atoms with van der Waals surface area (Å²) in [4.78, 5) is 22.9. The monoisotopic (exact) mass is 461 g/mol. The van der Waals surface area contributed by atoms with E-state index in [4.69, 9.17) is 9.47 Å². The van der Waals surface area contributed by atoms with Crippen LogP contribution in [0.3, 0.4) is 0 Å². The van der Waals surface area contributed by atoms with E-state index in [2.05, 4.69) is 9.97 Å². The number of piperidine rings is 1. The summed E-state index contributed by atoms with van der Waals surface area (Å²) in [6.45, 7) is 0.435. The van der Waals surface area contributed by atoms with Crippen LogP contribution < -0.4 is 9.47 Å². The second-order valence-electron chi connectivity index (χ2n) is 7.85. The normalized spacial score (nSPS) is 16.0. The maximum atomic E-state index is 12.8. The van der Waals surface area contributed by atoms with Crippen molar-refractivity contribution in [3.63, 3.8) is 0 Å². The lowest BCUT2D eigenvalue weighted by molar-refractivity contribution is -0.137. The van der Waals surface area contributed by atoms with Crippen LogP contribution in [0.4, 0.5) is 13.2 Å². The van der Waals surface area contributed by atoms with Crippen LogP contribution in [0.25, 0.3) is 10.9 Å². The zero-order chi connectivity index (χ0) is 23.8. The molecule has 0 unspecified atom stereocenters. The number of carbonyl (C=O) groups excluding carboxylic acids is 1. The first kappa shape index (κ1) is 22.8. The number of ether oxygens (including phenoxy) is 2. The summed E-state index contributed by atoms with van der Waals surface area (Å²) in [6, 6.07) is 7.53. The molecule has 0 radical (unpaired) electrons. The van der Waals surface area contributed by atoms with Gasteiger partial charge >= 0.3 is 6.18 Å². The highest BCUT2D eigenvalue weighted by molar-refractivity contribution is 5.94. The number of likely N-dealkylation sites (tertiary alicyclic amines) is 1. The van der Waals surface area contributed by atoms with Crippen molar-refractivity contribution in [3.8, 4) is 11.5 Å². The molecule has 1 saturated heterocycles. The van der Waals surface area contributed by atoms with Crippen LogP contribution in [0, 0.1) is 0 Å². The molecule has 7 nitrogen and oxygen atoms in total. The Kier molecular flexibility index (Phi) is 5.87. The quantitative estimate of drug-likeness (QED) is 0.637. The Morgan fingerprint density at radius 2 is 1.64 bits per heavy atom. The molecule has 3 aromatic rings. The number of hydrogen-bond donors (Lipinski definition) is 1. The minimum atomic E-state index is -4.46. The number of aromatic nitrogens is 2. The molecule has 1 aliphatic rings. The first-order valence-electron chi connectivity index (χ1n) is 10.2. The summed E-state index contributed by atoms with van der Waals surface area (Å²) >= 11 is 0. The zero-order valence-electron chi connectivity index (χ0n) is 18.0. The van der Waals surface area contributed by atoms with Crippen molar-refractivity contribution in [3.05, 3.63) is 59.5 Å². The predicted molar refractivity (Wildman–Crippen MR) is 113 cm³/mol. The van der Waals surface area contributed by atoms with Gasteiger partial charge in [-0.05, 0) is 43.2 Å². The molecule has 0 spiro atoms. The number of amides is 1. The molecule has 0 bridgehead atoms. The average molecular weight is 461 g/mol. The van der Waals surface area contributed by atoms with Gasteiger partial charge in [0.1, 0.15) is 11.9 Å². The van der Waals surface area contributed by atoms with Crippen LogP contribution in [-0.4, -0.2) is 53.2 Å². The zero-order valence-corrected chi connectivity index (χ0v) is 18.0. The predicted octanol–water partition coefficient (Wildman–Crippen LogP) is 3.79. The van der Waals surface area contributed by atoms with E-state index in [0.717, 1.165) is 12.1 Å². The van der Waals surface area contributed by atoms with Crippen LogP contribution in [0.15, 0.2) is 42.7 Å². The number of carbonyl (C=O) groups is 1. The minimum Gasteiger partial charge on any atom is -0.493 e. The SMILES string of the molecule is COc1cc2ncnc(C3(O)CCN(C(=O)c4ccc(C(F)(F)F)cc4)CC3)c2cc1OC. The van der Waals surface area contributed by atoms with Gasteiger partial charge in [0.2, 0.25) is 0 Å². The fraction of sp³-hybridized carbons (Fsp3) is 0.348. The van der Waals surface area contributed by atoms with Crippen molar-refractivity contribution < 1.29 is 32.5 Å². The Labute approximate surface area is 187 Å². The van der Waals surface area contributed by atoms with Gasteiger partial charge < -0.3 is 19.5 Å². The number of nitrogens with zero attached hydrogens (tertiary/aromatic N) is 3. The molecule has 2 aromatic carbocycles. The highest BCUT2D eigenvalue weighted by Crippen LogP contribution is 2.39. The van der Waals surface area contributed by atoms with E-state index >= 15 is 0 Å². The van der Waals surface area contributed by atoms with Crippen LogP contribution in [-0.2, 0) is 11.8 Å². The van der Waals surface area contributed by atoms with Crippen molar-refractivity contribution in [1.29, 1.82) is 0 Å². The van der Waals surface area contributed by atoms with Gasteiger partial charge in [0.05, 0.1) is 31.0 Å². The van der Waals surface area contributed by atoms with Gasteiger partial charge in [0.25, 0.3) is 5.91 Å². The molecule has 4 rings (SSSR count). The number of halogens is 3. The van der Waals surface area contributed by atoms with Gasteiger partial charge in [-0.2, -0.15) is 13.2 Å². The molecule has 1 aromatic heterocycles. The maximum absolute atomic E-state index is 12.8. The Bertz CT molecular complexity index is 1170. The average Bonchev–Trinajstić information content (AvgIpc) is 2.82. The van der Waals surface area contributed by atoms with Gasteiger partial charge in [-0.3, -0.25) is 4.79 Å². The lowest BCUT2D eigenvalue weighted by Crippen LogP contribution is -2.45. The largest absolute Gasteiger partial charge is 0.493 e. The number of rotatable bonds is 4. The number of hydrogen-bond acceptors (Lipinski definition) is 6. The fourth-order valence-electron chi connectivity index (χ4n) is 4.05. The summed E-state index contributed by atoms with van der Waals surface area (Å²) in [5.41, 5.74) is -0.950. The van der Waals surface area contributed by atoms with Gasteiger partial charge in [-0.1, -0.05) is 0 Å². The van der Waals surface area contributed by atoms with E-state index in [9.17, 15) is 23.1 Å². The van der Waals surface area contributed by atoms with E-state index in [1.807, 2.05) is 0 Å². The summed E-state index contributed by atoms with van der Waals surface area (Å²) < 4.78 is 49.0. The molecule has 0 saturated carbocycles. The minimum absolute atomic E-state index is 0.165. The smallest absolute Gasteiger partial charge is 0.416 e. The van der Waals surface area contributed by atoms with E-state index in [0.29, 0.717) is 28.1 Å². The molecule has 1 N–H and O–H groups in total. The number of aliphatic hydroxyl groups is 1. The van der Waals surface area contributed by atoms with Crippen molar-refractivity contribution >= 4 is 16.8 Å².